The summed E-state index contributed by atoms with van der Waals surface area (Å²) >= 11 is 0. The van der Waals surface area contributed by atoms with Crippen LogP contribution in [0.3, 0.4) is 0 Å². The third-order valence-electron chi connectivity index (χ3n) is 4.40. The minimum Gasteiger partial charge on any atom is -0.384 e. The molecule has 0 aromatic heterocycles. The van der Waals surface area contributed by atoms with Crippen LogP contribution in [0.4, 0.5) is 5.69 Å². The maximum absolute atomic E-state index is 3.65. The zero-order valence-electron chi connectivity index (χ0n) is 11.9. The van der Waals surface area contributed by atoms with Crippen LogP contribution in [0.1, 0.15) is 50.3 Å². The van der Waals surface area contributed by atoms with Crippen LogP contribution in [0.15, 0.2) is 12.1 Å². The molecule has 2 rings (SSSR count). The van der Waals surface area contributed by atoms with E-state index in [0.29, 0.717) is 11.3 Å². The van der Waals surface area contributed by atoms with Crippen molar-refractivity contribution in [2.24, 2.45) is 5.92 Å². The lowest BCUT2D eigenvalue weighted by Crippen LogP contribution is -2.34. The van der Waals surface area contributed by atoms with E-state index in [4.69, 9.17) is 0 Å². The molecule has 0 aliphatic carbocycles. The highest BCUT2D eigenvalue weighted by Gasteiger charge is 2.41. The number of hydrogen-bond donors (Lipinski definition) is 1. The van der Waals surface area contributed by atoms with Crippen molar-refractivity contribution in [2.75, 3.05) is 11.9 Å². The highest BCUT2D eigenvalue weighted by Crippen LogP contribution is 2.46. The van der Waals surface area contributed by atoms with Gasteiger partial charge in [-0.25, -0.2) is 0 Å². The lowest BCUT2D eigenvalue weighted by atomic mass is 9.69. The molecule has 1 aliphatic rings. The molecule has 1 unspecified atom stereocenters. The Hall–Kier alpha value is -0.980. The van der Waals surface area contributed by atoms with Crippen LogP contribution in [0.5, 0.6) is 0 Å². The van der Waals surface area contributed by atoms with Crippen LogP contribution in [0.25, 0.3) is 0 Å². The van der Waals surface area contributed by atoms with E-state index in [0.717, 1.165) is 6.54 Å². The largest absolute Gasteiger partial charge is 0.384 e. The van der Waals surface area contributed by atoms with Crippen LogP contribution in [-0.4, -0.2) is 6.54 Å². The van der Waals surface area contributed by atoms with E-state index >= 15 is 0 Å². The van der Waals surface area contributed by atoms with Crippen molar-refractivity contribution in [3.8, 4) is 0 Å². The van der Waals surface area contributed by atoms with Gasteiger partial charge in [0.1, 0.15) is 0 Å². The second-order valence-electron chi connectivity index (χ2n) is 5.92. The highest BCUT2D eigenvalue weighted by molar-refractivity contribution is 5.66. The van der Waals surface area contributed by atoms with E-state index in [-0.39, 0.29) is 0 Å². The number of anilines is 1. The minimum atomic E-state index is 0.348. The second kappa shape index (κ2) is 4.36. The van der Waals surface area contributed by atoms with Gasteiger partial charge in [0, 0.05) is 17.6 Å². The third kappa shape index (κ3) is 1.86. The molecule has 0 saturated heterocycles. The molecule has 1 atom stereocenters. The van der Waals surface area contributed by atoms with Gasteiger partial charge < -0.3 is 5.32 Å². The van der Waals surface area contributed by atoms with E-state index in [1.807, 2.05) is 0 Å². The van der Waals surface area contributed by atoms with Gasteiger partial charge >= 0.3 is 0 Å². The molecular formula is C16H25N. The Labute approximate surface area is 106 Å². The first-order valence-electron chi connectivity index (χ1n) is 6.87. The summed E-state index contributed by atoms with van der Waals surface area (Å²) in [4.78, 5) is 0. The molecule has 0 bridgehead atoms. The number of fused-ring (bicyclic) bond motifs is 1. The molecule has 0 amide bonds. The first-order valence-corrected chi connectivity index (χ1v) is 6.87. The Morgan fingerprint density at radius 3 is 2.59 bits per heavy atom. The normalized spacial score (nSPS) is 22.7. The monoisotopic (exact) mass is 231 g/mol. The van der Waals surface area contributed by atoms with Crippen molar-refractivity contribution >= 4 is 5.69 Å². The van der Waals surface area contributed by atoms with Crippen molar-refractivity contribution in [2.45, 2.75) is 52.9 Å². The van der Waals surface area contributed by atoms with Gasteiger partial charge in [-0.05, 0) is 37.3 Å². The SMILES string of the molecule is CCCC1(C(C)C)CNc2c(C)cc(C)cc21. The highest BCUT2D eigenvalue weighted by atomic mass is 14.9. The minimum absolute atomic E-state index is 0.348. The van der Waals surface area contributed by atoms with E-state index in [2.05, 4.69) is 52.1 Å². The van der Waals surface area contributed by atoms with Crippen LogP contribution in [0.2, 0.25) is 0 Å². The Kier molecular flexibility index (Phi) is 3.20. The zero-order valence-corrected chi connectivity index (χ0v) is 11.9. The van der Waals surface area contributed by atoms with Crippen LogP contribution in [0, 0.1) is 19.8 Å². The lowest BCUT2D eigenvalue weighted by Gasteiger charge is -2.34. The Bertz CT molecular complexity index is 420. The summed E-state index contributed by atoms with van der Waals surface area (Å²) in [6.07, 6.45) is 2.54. The van der Waals surface area contributed by atoms with Crippen LogP contribution < -0.4 is 5.32 Å². The molecular weight excluding hydrogens is 206 g/mol. The molecule has 1 heteroatoms. The van der Waals surface area contributed by atoms with Crippen LogP contribution >= 0.6 is 0 Å². The molecule has 0 spiro atoms. The van der Waals surface area contributed by atoms with Gasteiger partial charge in [-0.2, -0.15) is 0 Å². The van der Waals surface area contributed by atoms with Gasteiger partial charge in [0.25, 0.3) is 0 Å². The fourth-order valence-corrected chi connectivity index (χ4v) is 3.41. The maximum atomic E-state index is 3.65. The number of benzene rings is 1. The first kappa shape index (κ1) is 12.5. The van der Waals surface area contributed by atoms with Gasteiger partial charge in [-0.3, -0.25) is 0 Å². The molecule has 1 aliphatic heterocycles. The van der Waals surface area contributed by atoms with Crippen molar-refractivity contribution < 1.29 is 0 Å². The first-order chi connectivity index (χ1) is 8.01. The van der Waals surface area contributed by atoms with E-state index in [1.165, 1.54) is 29.7 Å². The van der Waals surface area contributed by atoms with Gasteiger partial charge in [-0.15, -0.1) is 0 Å². The summed E-state index contributed by atoms with van der Waals surface area (Å²) in [5, 5.41) is 3.65. The predicted octanol–water partition coefficient (Wildman–Crippen LogP) is 4.42. The van der Waals surface area contributed by atoms with Crippen LogP contribution in [-0.2, 0) is 5.41 Å². The molecule has 0 fully saturated rings. The molecule has 0 radical (unpaired) electrons. The lowest BCUT2D eigenvalue weighted by molar-refractivity contribution is 0.310. The molecule has 1 aromatic carbocycles. The summed E-state index contributed by atoms with van der Waals surface area (Å²) in [7, 11) is 0. The van der Waals surface area contributed by atoms with Crippen molar-refractivity contribution in [3.63, 3.8) is 0 Å². The number of aryl methyl sites for hydroxylation is 2. The average molecular weight is 231 g/mol. The topological polar surface area (TPSA) is 12.0 Å². The Morgan fingerprint density at radius 1 is 1.29 bits per heavy atom. The van der Waals surface area contributed by atoms with Gasteiger partial charge in [-0.1, -0.05) is 44.9 Å². The third-order valence-corrected chi connectivity index (χ3v) is 4.40. The molecule has 17 heavy (non-hydrogen) atoms. The molecule has 1 aromatic rings. The Balaban J connectivity index is 2.56. The second-order valence-corrected chi connectivity index (χ2v) is 5.92. The maximum Gasteiger partial charge on any atom is 0.0409 e. The van der Waals surface area contributed by atoms with Crippen molar-refractivity contribution in [1.82, 2.24) is 0 Å². The summed E-state index contributed by atoms with van der Waals surface area (Å²) in [5.74, 6) is 0.692. The van der Waals surface area contributed by atoms with Crippen molar-refractivity contribution in [1.29, 1.82) is 0 Å². The van der Waals surface area contributed by atoms with E-state index < -0.39 is 0 Å². The van der Waals surface area contributed by atoms with Gasteiger partial charge in [0.2, 0.25) is 0 Å². The molecule has 94 valence electrons. The number of nitrogens with one attached hydrogen (secondary N) is 1. The Morgan fingerprint density at radius 2 is 2.00 bits per heavy atom. The molecule has 1 N–H and O–H groups in total. The van der Waals surface area contributed by atoms with Gasteiger partial charge in [0.05, 0.1) is 0 Å². The molecule has 0 saturated carbocycles. The summed E-state index contributed by atoms with van der Waals surface area (Å²) in [6.45, 7) is 12.6. The predicted molar refractivity (Wildman–Crippen MR) is 75.8 cm³/mol. The van der Waals surface area contributed by atoms with Crippen molar-refractivity contribution in [3.05, 3.63) is 28.8 Å². The number of rotatable bonds is 3. The summed E-state index contributed by atoms with van der Waals surface area (Å²) < 4.78 is 0. The average Bonchev–Trinajstić information content (AvgIpc) is 2.59. The molecule has 1 heterocycles. The number of hydrogen-bond acceptors (Lipinski definition) is 1. The fourth-order valence-electron chi connectivity index (χ4n) is 3.41. The smallest absolute Gasteiger partial charge is 0.0409 e. The quantitative estimate of drug-likeness (QED) is 0.812. The zero-order chi connectivity index (χ0) is 12.6. The fraction of sp³-hybridized carbons (Fsp3) is 0.625. The molecule has 1 nitrogen and oxygen atoms in total. The van der Waals surface area contributed by atoms with Gasteiger partial charge in [0.15, 0.2) is 0 Å². The summed E-state index contributed by atoms with van der Waals surface area (Å²) in [6, 6.07) is 4.69. The summed E-state index contributed by atoms with van der Waals surface area (Å²) in [5.41, 5.74) is 6.11. The van der Waals surface area contributed by atoms with E-state index in [9.17, 15) is 0 Å². The standard InChI is InChI=1S/C16H25N/c1-6-7-16(11(2)3)10-17-15-13(5)8-12(4)9-14(15)16/h8-9,11,17H,6-7,10H2,1-5H3. The van der Waals surface area contributed by atoms with E-state index in [1.54, 1.807) is 5.56 Å².